The van der Waals surface area contributed by atoms with Gasteiger partial charge in [0.2, 0.25) is 21.8 Å². The third-order valence-electron chi connectivity index (χ3n) is 8.57. The first-order chi connectivity index (χ1) is 24.8. The van der Waals surface area contributed by atoms with Crippen LogP contribution in [0, 0.1) is 11.3 Å². The minimum absolute atomic E-state index is 0.0149. The van der Waals surface area contributed by atoms with Crippen molar-refractivity contribution in [1.82, 2.24) is 25.2 Å². The Labute approximate surface area is 303 Å². The number of fused-ring (bicyclic) bond motifs is 1. The monoisotopic (exact) mass is 737 g/mol. The molecule has 15 nitrogen and oxygen atoms in total. The summed E-state index contributed by atoms with van der Waals surface area (Å²) in [5.41, 5.74) is 6.49. The second-order valence-electron chi connectivity index (χ2n) is 12.8. The van der Waals surface area contributed by atoms with Gasteiger partial charge in [-0.3, -0.25) is 19.8 Å². The van der Waals surface area contributed by atoms with Gasteiger partial charge in [0.15, 0.2) is 5.96 Å². The maximum Gasteiger partial charge on any atom is 0.407 e. The molecule has 3 aromatic rings. The van der Waals surface area contributed by atoms with Gasteiger partial charge >= 0.3 is 6.09 Å². The maximum atomic E-state index is 14.0. The molecule has 5 rings (SSSR count). The van der Waals surface area contributed by atoms with E-state index in [1.807, 2.05) is 48.5 Å². The fourth-order valence-electron chi connectivity index (χ4n) is 5.85. The van der Waals surface area contributed by atoms with Gasteiger partial charge < -0.3 is 36.0 Å². The summed E-state index contributed by atoms with van der Waals surface area (Å²) in [6.07, 6.45) is 2.09. The number of alkyl carbamates (subject to hydrolysis) is 1. The Morgan fingerprint density at radius 3 is 2.35 bits per heavy atom. The van der Waals surface area contributed by atoms with Crippen LogP contribution in [0.2, 0.25) is 0 Å². The molecule has 1 saturated carbocycles. The molecule has 1 aliphatic heterocycles. The number of amides is 3. The zero-order valence-electron chi connectivity index (χ0n) is 29.1. The molecule has 280 valence electrons. The number of aliphatic carboxylic acids is 1. The first-order valence-corrected chi connectivity index (χ1v) is 18.6. The van der Waals surface area contributed by atoms with Crippen LogP contribution in [-0.2, 0) is 35.8 Å². The number of benzene rings is 3. The number of nitrogens with zero attached hydrogens (tertiary/aromatic N) is 2. The maximum absolute atomic E-state index is 14.0. The molecule has 0 radical (unpaired) electrons. The number of nitrogens with two attached hydrogens (primary N) is 1. The quantitative estimate of drug-likeness (QED) is 0.105. The lowest BCUT2D eigenvalue weighted by atomic mass is 9.98. The van der Waals surface area contributed by atoms with Crippen LogP contribution in [0.1, 0.15) is 44.6 Å². The van der Waals surface area contributed by atoms with Crippen molar-refractivity contribution in [3.8, 4) is 0 Å². The van der Waals surface area contributed by atoms with Crippen LogP contribution >= 0.6 is 0 Å². The molecule has 2 atom stereocenters. The number of hydrogen-bond acceptors (Lipinski definition) is 8. The van der Waals surface area contributed by atoms with Gasteiger partial charge in [-0.05, 0) is 60.1 Å². The first kappa shape index (κ1) is 39.6. The van der Waals surface area contributed by atoms with Crippen molar-refractivity contribution in [2.45, 2.75) is 62.6 Å². The fraction of sp³-hybridized carbons (Fsp3) is 0.417. The van der Waals surface area contributed by atoms with E-state index in [0.717, 1.165) is 48.9 Å². The van der Waals surface area contributed by atoms with Gasteiger partial charge in [-0.2, -0.15) is 4.72 Å². The Kier molecular flexibility index (Phi) is 14.3. The number of carbonyl (C=O) groups is 4. The van der Waals surface area contributed by atoms with Gasteiger partial charge in [0, 0.05) is 45.7 Å². The van der Waals surface area contributed by atoms with E-state index in [-0.39, 0.29) is 42.5 Å². The highest BCUT2D eigenvalue weighted by Gasteiger charge is 2.38. The third kappa shape index (κ3) is 12.5. The van der Waals surface area contributed by atoms with E-state index < -0.39 is 46.4 Å². The Bertz CT molecular complexity index is 1820. The number of likely N-dealkylation sites (tertiary alicyclic amines) is 1. The highest BCUT2D eigenvalue weighted by atomic mass is 32.2. The van der Waals surface area contributed by atoms with Crippen molar-refractivity contribution in [3.63, 3.8) is 0 Å². The lowest BCUT2D eigenvalue weighted by Crippen LogP contribution is -2.53. The van der Waals surface area contributed by atoms with E-state index in [4.69, 9.17) is 25.8 Å². The Balaban J connectivity index is 0.00000144. The highest BCUT2D eigenvalue weighted by molar-refractivity contribution is 7.89. The molecule has 0 spiro atoms. The Hall–Kier alpha value is -5.22. The molecular weight excluding hydrogens is 691 g/mol. The van der Waals surface area contributed by atoms with Gasteiger partial charge in [0.05, 0.1) is 11.3 Å². The summed E-state index contributed by atoms with van der Waals surface area (Å²) in [4.78, 5) is 51.9. The average molecular weight is 738 g/mol. The summed E-state index contributed by atoms with van der Waals surface area (Å²) in [6.45, 7) is 2.90. The molecule has 0 unspecified atom stereocenters. The number of piperidine rings is 1. The van der Waals surface area contributed by atoms with Crippen molar-refractivity contribution in [1.29, 1.82) is 5.41 Å². The summed E-state index contributed by atoms with van der Waals surface area (Å²) < 4.78 is 35.1. The van der Waals surface area contributed by atoms with E-state index in [0.29, 0.717) is 19.6 Å². The number of sulfonamides is 1. The molecule has 16 heteroatoms. The molecule has 2 fully saturated rings. The predicted octanol–water partition coefficient (Wildman–Crippen LogP) is 2.61. The van der Waals surface area contributed by atoms with Gasteiger partial charge in [0.25, 0.3) is 5.97 Å². The van der Waals surface area contributed by atoms with Crippen LogP contribution in [0.3, 0.4) is 0 Å². The first-order valence-electron chi connectivity index (χ1n) is 17.1. The van der Waals surface area contributed by atoms with Crippen LogP contribution in [-0.4, -0.2) is 98.0 Å². The lowest BCUT2D eigenvalue weighted by Gasteiger charge is -2.33. The second kappa shape index (κ2) is 18.9. The highest BCUT2D eigenvalue weighted by Crippen LogP contribution is 2.28. The number of carboxylic acids is 1. The second-order valence-corrected chi connectivity index (χ2v) is 14.5. The Morgan fingerprint density at radius 2 is 1.67 bits per heavy atom. The molecule has 7 N–H and O–H groups in total. The average Bonchev–Trinajstić information content (AvgIpc) is 3.97. The van der Waals surface area contributed by atoms with E-state index in [2.05, 4.69) is 15.4 Å². The topological polar surface area (TPSA) is 224 Å². The molecule has 0 bridgehead atoms. The van der Waals surface area contributed by atoms with Crippen molar-refractivity contribution in [2.75, 3.05) is 32.7 Å². The van der Waals surface area contributed by atoms with Crippen LogP contribution in [0.15, 0.2) is 77.7 Å². The van der Waals surface area contributed by atoms with Crippen molar-refractivity contribution in [2.24, 2.45) is 11.7 Å². The van der Waals surface area contributed by atoms with Gasteiger partial charge in [-0.25, -0.2) is 13.2 Å². The van der Waals surface area contributed by atoms with E-state index >= 15 is 0 Å². The summed E-state index contributed by atoms with van der Waals surface area (Å²) >= 11 is 0. The van der Waals surface area contributed by atoms with E-state index in [9.17, 15) is 22.8 Å². The summed E-state index contributed by atoms with van der Waals surface area (Å²) in [5.74, 6) is -1.81. The van der Waals surface area contributed by atoms with Crippen molar-refractivity contribution >= 4 is 50.6 Å². The molecule has 1 heterocycles. The number of nitrogens with one attached hydrogen (secondary N) is 4. The summed E-state index contributed by atoms with van der Waals surface area (Å²) in [5, 5.41) is 22.2. The molecule has 3 amide bonds. The molecular formula is C36H47N7O8S. The van der Waals surface area contributed by atoms with Crippen LogP contribution in [0.25, 0.3) is 10.8 Å². The fourth-order valence-corrected chi connectivity index (χ4v) is 7.07. The minimum Gasteiger partial charge on any atom is -0.481 e. The number of carbonyl (C=O) groups excluding carboxylic acids is 3. The SMILES string of the molecule is CC(=O)O.N=C(N)N1CCC[C@@H](CNC(=O)C[C@H](NS(=O)(=O)c2ccc3ccccc3c2)C(=O)N(CCNC(=O)OCc2ccccc2)C2CC2)C1. The molecule has 1 aliphatic carbocycles. The number of ether oxygens (including phenoxy) is 1. The van der Waals surface area contributed by atoms with Gasteiger partial charge in [-0.15, -0.1) is 0 Å². The van der Waals surface area contributed by atoms with E-state index in [1.165, 1.54) is 17.0 Å². The third-order valence-corrected chi connectivity index (χ3v) is 10.0. The predicted molar refractivity (Wildman–Crippen MR) is 195 cm³/mol. The van der Waals surface area contributed by atoms with Crippen molar-refractivity contribution < 1.29 is 37.4 Å². The minimum atomic E-state index is -4.21. The van der Waals surface area contributed by atoms with Crippen molar-refractivity contribution in [3.05, 3.63) is 78.4 Å². The Morgan fingerprint density at radius 1 is 1.00 bits per heavy atom. The number of hydrogen-bond donors (Lipinski definition) is 6. The van der Waals surface area contributed by atoms with Crippen LogP contribution < -0.4 is 21.1 Å². The summed E-state index contributed by atoms with van der Waals surface area (Å²) in [6, 6.07) is 19.8. The van der Waals surface area contributed by atoms with Gasteiger partial charge in [-0.1, -0.05) is 60.7 Å². The van der Waals surface area contributed by atoms with Gasteiger partial charge in [0.1, 0.15) is 12.6 Å². The zero-order chi connectivity index (χ0) is 37.7. The zero-order valence-corrected chi connectivity index (χ0v) is 29.9. The molecule has 3 aromatic carbocycles. The molecule has 2 aliphatic rings. The molecule has 52 heavy (non-hydrogen) atoms. The smallest absolute Gasteiger partial charge is 0.407 e. The molecule has 0 aromatic heterocycles. The lowest BCUT2D eigenvalue weighted by molar-refractivity contribution is -0.136. The normalized spacial score (nSPS) is 16.1. The largest absolute Gasteiger partial charge is 0.481 e. The standard InChI is InChI=1S/C34H43N7O6S.C2H4O2/c35-33(36)40-17-6-9-25(22-40)21-38-31(42)20-30(39-48(45,46)29-15-12-26-10-4-5-11-27(26)19-29)32(43)41(28-13-14-28)18-16-37-34(44)47-23-24-7-2-1-3-8-24;1-2(3)4/h1-5,7-8,10-12,15,19,25,28,30,39H,6,9,13-14,16-18,20-23H2,(H3,35,36)(H,37,44)(H,38,42);1H3,(H,3,4)/t25-,30-;/m0./s1. The number of guanidine groups is 1. The summed E-state index contributed by atoms with van der Waals surface area (Å²) in [7, 11) is -4.21. The number of rotatable bonds is 14. The van der Waals surface area contributed by atoms with E-state index in [1.54, 1.807) is 17.0 Å². The van der Waals surface area contributed by atoms with Crippen LogP contribution in [0.5, 0.6) is 0 Å². The van der Waals surface area contributed by atoms with Crippen LogP contribution in [0.4, 0.5) is 4.79 Å². The molecule has 1 saturated heterocycles. The number of carboxylic acid groups (broad SMARTS) is 1.